The van der Waals surface area contributed by atoms with Gasteiger partial charge in [0.1, 0.15) is 0 Å². The van der Waals surface area contributed by atoms with Gasteiger partial charge in [-0.2, -0.15) is 0 Å². The Hall–Kier alpha value is -2.62. The molecule has 0 aliphatic rings. The van der Waals surface area contributed by atoms with E-state index in [0.717, 1.165) is 17.5 Å². The first-order valence-corrected chi connectivity index (χ1v) is 8.66. The predicted molar refractivity (Wildman–Crippen MR) is 98.1 cm³/mol. The fraction of sp³-hybridized carbons (Fsp3) is 0.333. The molecule has 4 nitrogen and oxygen atoms in total. The molecule has 1 unspecified atom stereocenters. The quantitative estimate of drug-likeness (QED) is 0.748. The van der Waals surface area contributed by atoms with Crippen molar-refractivity contribution in [1.29, 1.82) is 0 Å². The van der Waals surface area contributed by atoms with Gasteiger partial charge in [0, 0.05) is 6.42 Å². The van der Waals surface area contributed by atoms with E-state index < -0.39 is 0 Å². The Labute approximate surface area is 149 Å². The van der Waals surface area contributed by atoms with E-state index >= 15 is 0 Å². The topological polar surface area (TPSA) is 55.4 Å². The molecule has 0 heterocycles. The first-order valence-electron chi connectivity index (χ1n) is 8.66. The lowest BCUT2D eigenvalue weighted by atomic mass is 10.1. The van der Waals surface area contributed by atoms with Crippen LogP contribution >= 0.6 is 0 Å². The smallest absolute Gasteiger partial charge is 0.306 e. The summed E-state index contributed by atoms with van der Waals surface area (Å²) >= 11 is 0. The molecule has 0 bridgehead atoms. The summed E-state index contributed by atoms with van der Waals surface area (Å²) in [6.45, 7) is 3.77. The molecular weight excluding hydrogens is 314 g/mol. The Morgan fingerprint density at radius 2 is 1.68 bits per heavy atom. The zero-order valence-electron chi connectivity index (χ0n) is 14.8. The molecule has 0 aromatic heterocycles. The molecule has 0 radical (unpaired) electrons. The molecule has 2 aromatic rings. The van der Waals surface area contributed by atoms with Crippen molar-refractivity contribution in [2.75, 3.05) is 6.61 Å². The number of hydrogen-bond acceptors (Lipinski definition) is 3. The Balaban J connectivity index is 1.71. The van der Waals surface area contributed by atoms with Gasteiger partial charge in [-0.15, -0.1) is 0 Å². The average Bonchev–Trinajstić information content (AvgIpc) is 2.65. The number of amides is 1. The fourth-order valence-electron chi connectivity index (χ4n) is 2.52. The largest absolute Gasteiger partial charge is 0.456 e. The zero-order valence-corrected chi connectivity index (χ0v) is 14.8. The highest BCUT2D eigenvalue weighted by Gasteiger charge is 2.12. The normalized spacial score (nSPS) is 11.6. The van der Waals surface area contributed by atoms with Crippen LogP contribution in [0.25, 0.3) is 0 Å². The molecule has 0 spiro atoms. The van der Waals surface area contributed by atoms with Crippen LogP contribution in [-0.4, -0.2) is 18.5 Å². The third kappa shape index (κ3) is 6.42. The van der Waals surface area contributed by atoms with Crippen LogP contribution in [0.5, 0.6) is 0 Å². The summed E-state index contributed by atoms with van der Waals surface area (Å²) in [5, 5.41) is 2.85. The Morgan fingerprint density at radius 3 is 2.32 bits per heavy atom. The minimum atomic E-state index is -0.362. The molecule has 1 amide bonds. The second-order valence-electron chi connectivity index (χ2n) is 6.03. The number of ether oxygens (including phenoxy) is 1. The van der Waals surface area contributed by atoms with E-state index in [1.165, 1.54) is 5.56 Å². The van der Waals surface area contributed by atoms with Gasteiger partial charge in [0.05, 0.1) is 6.04 Å². The number of rotatable bonds is 8. The van der Waals surface area contributed by atoms with Gasteiger partial charge >= 0.3 is 5.97 Å². The van der Waals surface area contributed by atoms with E-state index in [1.54, 1.807) is 0 Å². The van der Waals surface area contributed by atoms with Crippen molar-refractivity contribution in [3.8, 4) is 0 Å². The first kappa shape index (κ1) is 18.7. The maximum atomic E-state index is 11.9. The van der Waals surface area contributed by atoms with Crippen LogP contribution < -0.4 is 5.32 Å². The van der Waals surface area contributed by atoms with Gasteiger partial charge in [0.2, 0.25) is 0 Å². The molecule has 0 aliphatic heterocycles. The lowest BCUT2D eigenvalue weighted by Gasteiger charge is -2.15. The molecule has 0 saturated carbocycles. The molecule has 1 N–H and O–H groups in total. The van der Waals surface area contributed by atoms with Crippen molar-refractivity contribution in [2.24, 2.45) is 0 Å². The van der Waals surface area contributed by atoms with Crippen molar-refractivity contribution < 1.29 is 14.3 Å². The zero-order chi connectivity index (χ0) is 18.1. The van der Waals surface area contributed by atoms with Crippen LogP contribution in [0.3, 0.4) is 0 Å². The maximum absolute atomic E-state index is 11.9. The van der Waals surface area contributed by atoms with Crippen LogP contribution in [0.2, 0.25) is 0 Å². The van der Waals surface area contributed by atoms with Crippen molar-refractivity contribution in [2.45, 2.75) is 39.2 Å². The van der Waals surface area contributed by atoms with Crippen LogP contribution in [0.15, 0.2) is 54.6 Å². The van der Waals surface area contributed by atoms with E-state index in [9.17, 15) is 9.59 Å². The number of benzene rings is 2. The number of esters is 1. The van der Waals surface area contributed by atoms with Gasteiger partial charge in [-0.25, -0.2) is 0 Å². The van der Waals surface area contributed by atoms with Crippen molar-refractivity contribution in [3.05, 3.63) is 71.3 Å². The summed E-state index contributed by atoms with van der Waals surface area (Å²) in [6.07, 6.45) is 1.87. The van der Waals surface area contributed by atoms with Crippen molar-refractivity contribution >= 4 is 11.9 Å². The monoisotopic (exact) mass is 339 g/mol. The maximum Gasteiger partial charge on any atom is 0.306 e. The Kier molecular flexibility index (Phi) is 7.20. The lowest BCUT2D eigenvalue weighted by molar-refractivity contribution is -0.148. The van der Waals surface area contributed by atoms with E-state index in [2.05, 4.69) is 24.4 Å². The van der Waals surface area contributed by atoms with Crippen molar-refractivity contribution in [3.63, 3.8) is 0 Å². The molecule has 132 valence electrons. The summed E-state index contributed by atoms with van der Waals surface area (Å²) < 4.78 is 5.05. The number of carbonyl (C=O) groups excluding carboxylic acids is 2. The van der Waals surface area contributed by atoms with Crippen LogP contribution in [0.1, 0.15) is 43.0 Å². The minimum Gasteiger partial charge on any atom is -0.456 e. The summed E-state index contributed by atoms with van der Waals surface area (Å²) in [6, 6.07) is 17.7. The second-order valence-corrected chi connectivity index (χ2v) is 6.03. The van der Waals surface area contributed by atoms with Gasteiger partial charge < -0.3 is 10.1 Å². The summed E-state index contributed by atoms with van der Waals surface area (Å²) in [5.41, 5.74) is 3.36. The highest BCUT2D eigenvalue weighted by atomic mass is 16.5. The van der Waals surface area contributed by atoms with Gasteiger partial charge in [-0.1, -0.05) is 61.5 Å². The number of nitrogens with one attached hydrogen (secondary N) is 1. The average molecular weight is 339 g/mol. The molecule has 2 aromatic carbocycles. The number of hydrogen-bond donors (Lipinski definition) is 1. The standard InChI is InChI=1S/C21H25NO3/c1-3-17-9-12-19(13-10-17)16(2)22-20(23)15-25-21(24)14-11-18-7-5-4-6-8-18/h4-10,12-13,16H,3,11,14-15H2,1-2H3,(H,22,23). The summed E-state index contributed by atoms with van der Waals surface area (Å²) in [7, 11) is 0. The molecule has 1 atom stereocenters. The second kappa shape index (κ2) is 9.62. The number of carbonyl (C=O) groups is 2. The van der Waals surface area contributed by atoms with Gasteiger partial charge in [0.25, 0.3) is 5.91 Å². The van der Waals surface area contributed by atoms with Gasteiger partial charge in [0.15, 0.2) is 6.61 Å². The summed E-state index contributed by atoms with van der Waals surface area (Å²) in [4.78, 5) is 23.7. The van der Waals surface area contributed by atoms with Crippen LogP contribution in [0, 0.1) is 0 Å². The van der Waals surface area contributed by atoms with Gasteiger partial charge in [-0.3, -0.25) is 9.59 Å². The highest BCUT2D eigenvalue weighted by molar-refractivity contribution is 5.80. The number of aryl methyl sites for hydroxylation is 2. The predicted octanol–water partition coefficient (Wildman–Crippen LogP) is 3.60. The van der Waals surface area contributed by atoms with Crippen LogP contribution in [0.4, 0.5) is 0 Å². The third-order valence-corrected chi connectivity index (χ3v) is 4.09. The first-order chi connectivity index (χ1) is 12.1. The lowest BCUT2D eigenvalue weighted by Crippen LogP contribution is -2.31. The third-order valence-electron chi connectivity index (χ3n) is 4.09. The Morgan fingerprint density at radius 1 is 1.00 bits per heavy atom. The Bertz CT molecular complexity index is 680. The molecule has 0 saturated heterocycles. The molecular formula is C21H25NO3. The van der Waals surface area contributed by atoms with Crippen LogP contribution in [-0.2, 0) is 27.2 Å². The van der Waals surface area contributed by atoms with E-state index in [-0.39, 0.29) is 30.9 Å². The minimum absolute atomic E-state index is 0.124. The van der Waals surface area contributed by atoms with E-state index in [0.29, 0.717) is 6.42 Å². The molecule has 0 aliphatic carbocycles. The molecule has 25 heavy (non-hydrogen) atoms. The fourth-order valence-corrected chi connectivity index (χ4v) is 2.52. The van der Waals surface area contributed by atoms with Crippen molar-refractivity contribution in [1.82, 2.24) is 5.32 Å². The molecule has 0 fully saturated rings. The summed E-state index contributed by atoms with van der Waals surface area (Å²) in [5.74, 6) is -0.654. The SMILES string of the molecule is CCc1ccc(C(C)NC(=O)COC(=O)CCc2ccccc2)cc1. The van der Waals surface area contributed by atoms with Gasteiger partial charge in [-0.05, 0) is 36.5 Å². The van der Waals surface area contributed by atoms with E-state index in [1.807, 2.05) is 49.4 Å². The molecule has 2 rings (SSSR count). The highest BCUT2D eigenvalue weighted by Crippen LogP contribution is 2.13. The van der Waals surface area contributed by atoms with E-state index in [4.69, 9.17) is 4.74 Å². The molecule has 4 heteroatoms.